The molecule has 8 rings (SSSR count). The van der Waals surface area contributed by atoms with E-state index < -0.39 is 4.92 Å². The number of non-ortho nitro benzene ring substituents is 1. The second-order valence-electron chi connectivity index (χ2n) is 11.2. The summed E-state index contributed by atoms with van der Waals surface area (Å²) in [6.45, 7) is 0. The van der Waals surface area contributed by atoms with Gasteiger partial charge in [0.1, 0.15) is 0 Å². The van der Waals surface area contributed by atoms with E-state index in [2.05, 4.69) is 30.3 Å². The van der Waals surface area contributed by atoms with Gasteiger partial charge in [-0.3, -0.25) is 10.1 Å². The van der Waals surface area contributed by atoms with Gasteiger partial charge < -0.3 is 0 Å². The molecular formula is C40H25N5O2. The van der Waals surface area contributed by atoms with E-state index in [0.29, 0.717) is 22.5 Å². The van der Waals surface area contributed by atoms with Crippen LogP contribution in [-0.4, -0.2) is 24.9 Å². The van der Waals surface area contributed by atoms with E-state index >= 15 is 0 Å². The van der Waals surface area contributed by atoms with Crippen molar-refractivity contribution >= 4 is 27.8 Å². The fraction of sp³-hybridized carbons (Fsp3) is 0. The second kappa shape index (κ2) is 11.7. The van der Waals surface area contributed by atoms with E-state index in [1.807, 2.05) is 103 Å². The van der Waals surface area contributed by atoms with Crippen LogP contribution in [0.1, 0.15) is 0 Å². The van der Waals surface area contributed by atoms with E-state index in [-0.39, 0.29) is 5.69 Å². The minimum atomic E-state index is -0.396. The number of rotatable bonds is 6. The predicted molar refractivity (Wildman–Crippen MR) is 186 cm³/mol. The molecule has 0 unspecified atom stereocenters. The first-order valence-corrected chi connectivity index (χ1v) is 15.2. The van der Waals surface area contributed by atoms with Crippen molar-refractivity contribution in [2.75, 3.05) is 0 Å². The molecular weight excluding hydrogens is 582 g/mol. The van der Waals surface area contributed by atoms with Gasteiger partial charge in [0.05, 0.1) is 49.8 Å². The summed E-state index contributed by atoms with van der Waals surface area (Å²) in [5, 5.41) is 11.6. The first-order valence-electron chi connectivity index (χ1n) is 15.2. The molecule has 7 heteroatoms. The minimum absolute atomic E-state index is 0.000253. The van der Waals surface area contributed by atoms with Gasteiger partial charge in [0.15, 0.2) is 0 Å². The third kappa shape index (κ3) is 5.36. The molecule has 2 aromatic heterocycles. The van der Waals surface area contributed by atoms with Gasteiger partial charge in [0.2, 0.25) is 0 Å². The highest BCUT2D eigenvalue weighted by atomic mass is 16.6. The number of nitro groups is 1. The molecule has 0 amide bonds. The number of benzene rings is 6. The molecule has 0 saturated carbocycles. The number of fused-ring (bicyclic) bond motifs is 2. The summed E-state index contributed by atoms with van der Waals surface area (Å²) in [6, 6.07) is 48.6. The maximum atomic E-state index is 11.6. The highest BCUT2D eigenvalue weighted by Gasteiger charge is 2.17. The molecule has 222 valence electrons. The van der Waals surface area contributed by atoms with Crippen molar-refractivity contribution in [2.24, 2.45) is 0 Å². The molecule has 2 heterocycles. The Bertz CT molecular complexity index is 2430. The van der Waals surface area contributed by atoms with Crippen molar-refractivity contribution in [3.05, 3.63) is 162 Å². The zero-order valence-corrected chi connectivity index (χ0v) is 25.0. The lowest BCUT2D eigenvalue weighted by molar-refractivity contribution is -0.384. The number of nitro benzene ring substituents is 1. The van der Waals surface area contributed by atoms with Gasteiger partial charge in [0.25, 0.3) is 5.69 Å². The topological polar surface area (TPSA) is 94.7 Å². The van der Waals surface area contributed by atoms with Crippen LogP contribution in [0, 0.1) is 10.1 Å². The Morgan fingerprint density at radius 1 is 0.362 bits per heavy atom. The molecule has 0 aliphatic rings. The summed E-state index contributed by atoms with van der Waals surface area (Å²) < 4.78 is 0. The molecule has 0 radical (unpaired) electrons. The number of aromatic nitrogens is 4. The van der Waals surface area contributed by atoms with Crippen LogP contribution in [0.2, 0.25) is 0 Å². The van der Waals surface area contributed by atoms with Crippen LogP contribution in [0.25, 0.3) is 78.2 Å². The Morgan fingerprint density at radius 2 is 0.745 bits per heavy atom. The van der Waals surface area contributed by atoms with Crippen molar-refractivity contribution in [1.82, 2.24) is 19.9 Å². The summed E-state index contributed by atoms with van der Waals surface area (Å²) in [4.78, 5) is 31.5. The maximum Gasteiger partial charge on any atom is 0.270 e. The Hall–Kier alpha value is -6.60. The van der Waals surface area contributed by atoms with E-state index in [1.165, 1.54) is 6.07 Å². The Labute approximate surface area is 270 Å². The highest BCUT2D eigenvalue weighted by molar-refractivity contribution is 5.92. The second-order valence-corrected chi connectivity index (χ2v) is 11.2. The van der Waals surface area contributed by atoms with Crippen LogP contribution < -0.4 is 0 Å². The van der Waals surface area contributed by atoms with Crippen molar-refractivity contribution in [2.45, 2.75) is 0 Å². The summed E-state index contributed by atoms with van der Waals surface area (Å²) in [5.74, 6) is 0. The maximum absolute atomic E-state index is 11.6. The minimum Gasteiger partial charge on any atom is -0.258 e. The number of nitrogens with zero attached hydrogens (tertiary/aromatic N) is 5. The monoisotopic (exact) mass is 607 g/mol. The van der Waals surface area contributed by atoms with E-state index in [9.17, 15) is 10.1 Å². The van der Waals surface area contributed by atoms with Crippen LogP contribution in [0.4, 0.5) is 5.69 Å². The van der Waals surface area contributed by atoms with Crippen molar-refractivity contribution in [3.8, 4) is 56.2 Å². The summed E-state index contributed by atoms with van der Waals surface area (Å²) >= 11 is 0. The molecule has 0 aliphatic carbocycles. The van der Waals surface area contributed by atoms with Crippen molar-refractivity contribution in [1.29, 1.82) is 0 Å². The third-order valence-corrected chi connectivity index (χ3v) is 8.13. The molecule has 7 nitrogen and oxygen atoms in total. The third-order valence-electron chi connectivity index (χ3n) is 8.13. The molecule has 6 aromatic carbocycles. The molecule has 8 aromatic rings. The van der Waals surface area contributed by atoms with Crippen LogP contribution in [0.3, 0.4) is 0 Å². The lowest BCUT2D eigenvalue weighted by atomic mass is 10.0. The molecule has 47 heavy (non-hydrogen) atoms. The quantitative estimate of drug-likeness (QED) is 0.138. The predicted octanol–water partition coefficient (Wildman–Crippen LogP) is 9.82. The van der Waals surface area contributed by atoms with Crippen LogP contribution in [0.5, 0.6) is 0 Å². The van der Waals surface area contributed by atoms with Gasteiger partial charge in [0, 0.05) is 34.4 Å². The van der Waals surface area contributed by atoms with Gasteiger partial charge in [-0.1, -0.05) is 115 Å². The summed E-state index contributed by atoms with van der Waals surface area (Å²) in [6.07, 6.45) is 0. The molecule has 0 spiro atoms. The fourth-order valence-electron chi connectivity index (χ4n) is 5.83. The van der Waals surface area contributed by atoms with Gasteiger partial charge in [-0.05, 0) is 35.4 Å². The van der Waals surface area contributed by atoms with Gasteiger partial charge in [-0.15, -0.1) is 0 Å². The zero-order chi connectivity index (χ0) is 31.7. The Kier molecular flexibility index (Phi) is 6.96. The Morgan fingerprint density at radius 3 is 1.17 bits per heavy atom. The lowest BCUT2D eigenvalue weighted by Crippen LogP contribution is -1.97. The average Bonchev–Trinajstić information content (AvgIpc) is 3.14. The SMILES string of the molecule is O=[N+]([O-])c1cccc(-c2nc3cc(-c4ccc5nc(-c6ccccc6)c(-c6ccccc6)nc5c4)ccc3nc2-c2ccccc2)c1. The highest BCUT2D eigenvalue weighted by Crippen LogP contribution is 2.35. The molecule has 0 saturated heterocycles. The van der Waals surface area contributed by atoms with E-state index in [1.54, 1.807) is 12.1 Å². The van der Waals surface area contributed by atoms with Crippen LogP contribution in [-0.2, 0) is 0 Å². The van der Waals surface area contributed by atoms with Crippen LogP contribution in [0.15, 0.2) is 152 Å². The van der Waals surface area contributed by atoms with Gasteiger partial charge in [-0.25, -0.2) is 19.9 Å². The standard InChI is InChI=1S/C40H25N5O2/c46-45(47)32-18-10-17-31(23-32)40-39(28-15-8-3-9-16-28)42-34-22-20-30(25-36(34)44-40)29-19-21-33-35(24-29)43-38(27-13-6-2-7-14-27)37(41-33)26-11-4-1-5-12-26/h1-25H. The molecule has 0 atom stereocenters. The smallest absolute Gasteiger partial charge is 0.258 e. The fourth-order valence-corrected chi connectivity index (χ4v) is 5.83. The first kappa shape index (κ1) is 27.9. The van der Waals surface area contributed by atoms with Crippen molar-refractivity contribution < 1.29 is 4.92 Å². The first-order chi connectivity index (χ1) is 23.1. The largest absolute Gasteiger partial charge is 0.270 e. The average molecular weight is 608 g/mol. The molecule has 0 N–H and O–H groups in total. The van der Waals surface area contributed by atoms with Gasteiger partial charge >= 0.3 is 0 Å². The number of hydrogen-bond donors (Lipinski definition) is 0. The van der Waals surface area contributed by atoms with Crippen LogP contribution >= 0.6 is 0 Å². The van der Waals surface area contributed by atoms with E-state index in [0.717, 1.165) is 55.8 Å². The van der Waals surface area contributed by atoms with Gasteiger partial charge in [-0.2, -0.15) is 0 Å². The number of hydrogen-bond acceptors (Lipinski definition) is 6. The van der Waals surface area contributed by atoms with Crippen molar-refractivity contribution in [3.63, 3.8) is 0 Å². The normalized spacial score (nSPS) is 11.1. The Balaban J connectivity index is 1.27. The molecule has 0 fully saturated rings. The summed E-state index contributed by atoms with van der Waals surface area (Å²) in [7, 11) is 0. The molecule has 0 bridgehead atoms. The van der Waals surface area contributed by atoms with E-state index in [4.69, 9.17) is 19.9 Å². The lowest BCUT2D eigenvalue weighted by Gasteiger charge is -2.13. The molecule has 0 aliphatic heterocycles. The zero-order valence-electron chi connectivity index (χ0n) is 25.0. The summed E-state index contributed by atoms with van der Waals surface area (Å²) in [5.41, 5.74) is 11.3.